The average Bonchev–Trinajstić information content (AvgIpc) is 2.26. The molecule has 17 heavy (non-hydrogen) atoms. The second-order valence-corrected chi connectivity index (χ2v) is 5.09. The van der Waals surface area contributed by atoms with Gasteiger partial charge in [0.05, 0.1) is 6.04 Å². The minimum atomic E-state index is -0.439. The molecule has 0 spiro atoms. The molecule has 0 aromatic heterocycles. The Morgan fingerprint density at radius 2 is 2.06 bits per heavy atom. The van der Waals surface area contributed by atoms with Crippen LogP contribution in [-0.4, -0.2) is 41.9 Å². The van der Waals surface area contributed by atoms with E-state index in [0.717, 1.165) is 19.4 Å². The predicted octanol–water partition coefficient (Wildman–Crippen LogP) is 0.0968. The van der Waals surface area contributed by atoms with Gasteiger partial charge in [0.2, 0.25) is 11.8 Å². The average molecular weight is 241 g/mol. The summed E-state index contributed by atoms with van der Waals surface area (Å²) in [5.74, 6) is 0.0937. The summed E-state index contributed by atoms with van der Waals surface area (Å²) in [4.78, 5) is 24.8. The van der Waals surface area contributed by atoms with Crippen molar-refractivity contribution in [2.24, 2.45) is 11.7 Å². The van der Waals surface area contributed by atoms with Crippen LogP contribution in [0, 0.1) is 5.92 Å². The van der Waals surface area contributed by atoms with Crippen LogP contribution in [0.1, 0.15) is 33.6 Å². The van der Waals surface area contributed by atoms with E-state index in [9.17, 15) is 9.59 Å². The zero-order chi connectivity index (χ0) is 13.0. The van der Waals surface area contributed by atoms with Crippen LogP contribution in [0.25, 0.3) is 0 Å². The van der Waals surface area contributed by atoms with Crippen molar-refractivity contribution in [1.82, 2.24) is 10.2 Å². The number of nitrogens with zero attached hydrogens (tertiary/aromatic N) is 1. The Hall–Kier alpha value is -1.10. The molecule has 2 atom stereocenters. The van der Waals surface area contributed by atoms with Crippen LogP contribution in [0.15, 0.2) is 0 Å². The molecule has 5 heteroatoms. The molecule has 0 bridgehead atoms. The third kappa shape index (κ3) is 4.00. The summed E-state index contributed by atoms with van der Waals surface area (Å²) in [6.07, 6.45) is 1.85. The first-order valence-electron chi connectivity index (χ1n) is 6.23. The molecule has 0 saturated carbocycles. The third-order valence-corrected chi connectivity index (χ3v) is 3.14. The highest BCUT2D eigenvalue weighted by atomic mass is 16.2. The summed E-state index contributed by atoms with van der Waals surface area (Å²) in [6, 6.07) is -0.365. The number of rotatable bonds is 3. The molecule has 3 N–H and O–H groups in total. The number of nitrogens with two attached hydrogens (primary N) is 1. The second-order valence-electron chi connectivity index (χ2n) is 5.09. The van der Waals surface area contributed by atoms with Crippen molar-refractivity contribution in [2.45, 2.75) is 45.7 Å². The molecule has 1 heterocycles. The topological polar surface area (TPSA) is 75.4 Å². The molecule has 0 aromatic rings. The summed E-state index contributed by atoms with van der Waals surface area (Å²) in [7, 11) is 0. The van der Waals surface area contributed by atoms with E-state index in [1.54, 1.807) is 4.90 Å². The third-order valence-electron chi connectivity index (χ3n) is 3.14. The molecule has 1 rings (SSSR count). The lowest BCUT2D eigenvalue weighted by atomic mass is 10.0. The molecule has 1 saturated heterocycles. The maximum atomic E-state index is 12.1. The van der Waals surface area contributed by atoms with Crippen molar-refractivity contribution < 1.29 is 9.59 Å². The first-order valence-corrected chi connectivity index (χ1v) is 6.23. The zero-order valence-corrected chi connectivity index (χ0v) is 10.9. The van der Waals surface area contributed by atoms with Crippen LogP contribution in [0.5, 0.6) is 0 Å². The minimum absolute atomic E-state index is 0.00458. The van der Waals surface area contributed by atoms with Gasteiger partial charge >= 0.3 is 0 Å². The summed E-state index contributed by atoms with van der Waals surface area (Å²) in [5.41, 5.74) is 5.86. The fourth-order valence-electron chi connectivity index (χ4n) is 2.08. The number of piperidine rings is 1. The Morgan fingerprint density at radius 1 is 1.41 bits per heavy atom. The van der Waals surface area contributed by atoms with E-state index in [2.05, 4.69) is 5.32 Å². The lowest BCUT2D eigenvalue weighted by Crippen LogP contribution is -2.54. The quantitative estimate of drug-likeness (QED) is 0.735. The SMILES string of the molecule is CC(=O)NC1CCCN(C(=O)C(N)C(C)C)C1. The van der Waals surface area contributed by atoms with Gasteiger partial charge in [0.1, 0.15) is 0 Å². The highest BCUT2D eigenvalue weighted by Crippen LogP contribution is 2.13. The minimum Gasteiger partial charge on any atom is -0.352 e. The summed E-state index contributed by atoms with van der Waals surface area (Å²) in [6.45, 7) is 6.71. The van der Waals surface area contributed by atoms with E-state index in [4.69, 9.17) is 5.73 Å². The number of hydrogen-bond donors (Lipinski definition) is 2. The van der Waals surface area contributed by atoms with E-state index < -0.39 is 6.04 Å². The van der Waals surface area contributed by atoms with Gasteiger partial charge in [-0.3, -0.25) is 9.59 Å². The highest BCUT2D eigenvalue weighted by Gasteiger charge is 2.28. The van der Waals surface area contributed by atoms with Gasteiger partial charge in [-0.15, -0.1) is 0 Å². The smallest absolute Gasteiger partial charge is 0.239 e. The van der Waals surface area contributed by atoms with Crippen molar-refractivity contribution in [2.75, 3.05) is 13.1 Å². The largest absolute Gasteiger partial charge is 0.352 e. The standard InChI is InChI=1S/C12H23N3O2/c1-8(2)11(13)12(17)15-6-4-5-10(7-15)14-9(3)16/h8,10-11H,4-7,13H2,1-3H3,(H,14,16). The van der Waals surface area contributed by atoms with Crippen LogP contribution < -0.4 is 11.1 Å². The molecule has 98 valence electrons. The number of hydrogen-bond acceptors (Lipinski definition) is 3. The molecule has 1 aliphatic heterocycles. The maximum Gasteiger partial charge on any atom is 0.239 e. The van der Waals surface area contributed by atoms with Crippen molar-refractivity contribution >= 4 is 11.8 Å². The van der Waals surface area contributed by atoms with Crippen LogP contribution in [0.4, 0.5) is 0 Å². The molecular weight excluding hydrogens is 218 g/mol. The summed E-state index contributed by atoms with van der Waals surface area (Å²) < 4.78 is 0. The Balaban J connectivity index is 2.54. The fraction of sp³-hybridized carbons (Fsp3) is 0.833. The molecule has 0 aliphatic carbocycles. The Labute approximate surface area is 103 Å². The number of amides is 2. The van der Waals surface area contributed by atoms with E-state index in [1.165, 1.54) is 6.92 Å². The number of nitrogens with one attached hydrogen (secondary N) is 1. The van der Waals surface area contributed by atoms with Crippen LogP contribution in [0.2, 0.25) is 0 Å². The number of carbonyl (C=O) groups is 2. The van der Waals surface area contributed by atoms with Crippen molar-refractivity contribution in [3.63, 3.8) is 0 Å². The summed E-state index contributed by atoms with van der Waals surface area (Å²) >= 11 is 0. The van der Waals surface area contributed by atoms with E-state index in [1.807, 2.05) is 13.8 Å². The predicted molar refractivity (Wildman–Crippen MR) is 66.2 cm³/mol. The fourth-order valence-corrected chi connectivity index (χ4v) is 2.08. The second kappa shape index (κ2) is 6.00. The van der Waals surface area contributed by atoms with Gasteiger partial charge in [0, 0.05) is 26.1 Å². The number of carbonyl (C=O) groups excluding carboxylic acids is 2. The maximum absolute atomic E-state index is 12.1. The van der Waals surface area contributed by atoms with Crippen molar-refractivity contribution in [3.8, 4) is 0 Å². The van der Waals surface area contributed by atoms with Gasteiger partial charge in [-0.2, -0.15) is 0 Å². The van der Waals surface area contributed by atoms with Gasteiger partial charge in [0.25, 0.3) is 0 Å². The van der Waals surface area contributed by atoms with E-state index >= 15 is 0 Å². The van der Waals surface area contributed by atoms with Crippen LogP contribution in [0.3, 0.4) is 0 Å². The van der Waals surface area contributed by atoms with Crippen molar-refractivity contribution in [3.05, 3.63) is 0 Å². The molecule has 2 unspecified atom stereocenters. The molecule has 0 aromatic carbocycles. The molecule has 1 aliphatic rings. The van der Waals surface area contributed by atoms with Gasteiger partial charge < -0.3 is 16.0 Å². The molecule has 1 fully saturated rings. The molecule has 5 nitrogen and oxygen atoms in total. The lowest BCUT2D eigenvalue weighted by molar-refractivity contribution is -0.135. The normalized spacial score (nSPS) is 22.4. The van der Waals surface area contributed by atoms with Crippen molar-refractivity contribution in [1.29, 1.82) is 0 Å². The number of likely N-dealkylation sites (tertiary alicyclic amines) is 1. The van der Waals surface area contributed by atoms with Crippen LogP contribution >= 0.6 is 0 Å². The lowest BCUT2D eigenvalue weighted by Gasteiger charge is -2.35. The van der Waals surface area contributed by atoms with Gasteiger partial charge in [-0.25, -0.2) is 0 Å². The van der Waals surface area contributed by atoms with Crippen LogP contribution in [-0.2, 0) is 9.59 Å². The monoisotopic (exact) mass is 241 g/mol. The van der Waals surface area contributed by atoms with Gasteiger partial charge in [-0.1, -0.05) is 13.8 Å². The highest BCUT2D eigenvalue weighted by molar-refractivity contribution is 5.82. The first kappa shape index (κ1) is 14.0. The Bertz CT molecular complexity index is 291. The first-order chi connectivity index (χ1) is 7.91. The Morgan fingerprint density at radius 3 is 2.59 bits per heavy atom. The zero-order valence-electron chi connectivity index (χ0n) is 10.9. The Kier molecular flexibility index (Phi) is 4.93. The molecule has 2 amide bonds. The summed E-state index contributed by atoms with van der Waals surface area (Å²) in [5, 5.41) is 2.86. The molecular formula is C12H23N3O2. The van der Waals surface area contributed by atoms with E-state index in [0.29, 0.717) is 6.54 Å². The van der Waals surface area contributed by atoms with Gasteiger partial charge in [0.15, 0.2) is 0 Å². The van der Waals surface area contributed by atoms with Gasteiger partial charge in [-0.05, 0) is 18.8 Å². The molecule has 0 radical (unpaired) electrons. The van der Waals surface area contributed by atoms with E-state index in [-0.39, 0.29) is 23.8 Å².